The summed E-state index contributed by atoms with van der Waals surface area (Å²) in [4.78, 5) is 12.1. The van der Waals surface area contributed by atoms with Gasteiger partial charge in [-0.1, -0.05) is 24.8 Å². The van der Waals surface area contributed by atoms with Gasteiger partial charge in [0.2, 0.25) is 0 Å². The number of carbonyl (C=O) groups is 1. The number of rotatable bonds is 3. The van der Waals surface area contributed by atoms with Crippen LogP contribution in [-0.2, 0) is 9.53 Å². The summed E-state index contributed by atoms with van der Waals surface area (Å²) in [5.41, 5.74) is 1.82. The van der Waals surface area contributed by atoms with Crippen molar-refractivity contribution in [1.82, 2.24) is 0 Å². The zero-order chi connectivity index (χ0) is 14.0. The van der Waals surface area contributed by atoms with Crippen molar-refractivity contribution in [2.45, 2.75) is 51.0 Å². The van der Waals surface area contributed by atoms with Gasteiger partial charge in [-0.3, -0.25) is 0 Å². The van der Waals surface area contributed by atoms with Crippen molar-refractivity contribution in [3.05, 3.63) is 36.0 Å². The first kappa shape index (κ1) is 12.4. The van der Waals surface area contributed by atoms with Crippen LogP contribution in [0.25, 0.3) is 0 Å². The largest absolute Gasteiger partial charge is 0.451 e. The number of esters is 1. The molecule has 4 rings (SSSR count). The number of ether oxygens (including phenoxy) is 1. The number of carbonyl (C=O) groups excluding carboxylic acids is 1. The van der Waals surface area contributed by atoms with Crippen molar-refractivity contribution in [3.8, 4) is 0 Å². The quantitative estimate of drug-likeness (QED) is 0.441. The van der Waals surface area contributed by atoms with Crippen molar-refractivity contribution in [3.63, 3.8) is 0 Å². The van der Waals surface area contributed by atoms with E-state index >= 15 is 0 Å². The molecule has 0 spiro atoms. The highest BCUT2D eigenvalue weighted by Crippen LogP contribution is 2.63. The zero-order valence-electron chi connectivity index (χ0n) is 12.2. The molecule has 0 aliphatic heterocycles. The number of hydrogen-bond acceptors (Lipinski definition) is 2. The summed E-state index contributed by atoms with van der Waals surface area (Å²) in [5.74, 6) is 1.15. The third-order valence-corrected chi connectivity index (χ3v) is 5.85. The minimum absolute atomic E-state index is 0.204. The molecule has 0 radical (unpaired) electrons. The summed E-state index contributed by atoms with van der Waals surface area (Å²) in [6.07, 6.45) is 14.2. The molecular formula is C18H22O2. The van der Waals surface area contributed by atoms with Gasteiger partial charge in [-0.25, -0.2) is 4.79 Å². The van der Waals surface area contributed by atoms with Crippen LogP contribution in [0.2, 0.25) is 0 Å². The monoisotopic (exact) mass is 270 g/mol. The van der Waals surface area contributed by atoms with Crippen molar-refractivity contribution in [2.24, 2.45) is 17.3 Å². The van der Waals surface area contributed by atoms with E-state index in [1.165, 1.54) is 24.8 Å². The Morgan fingerprint density at radius 1 is 1.30 bits per heavy atom. The lowest BCUT2D eigenvalue weighted by atomic mass is 9.71. The standard InChI is InChI=1S/C18H22O2/c1-12(2)16(19)20-18-8-5-14(11-18)9-15(18)17-6-3-13(10-17)4-7-17/h3,6,9,13-14H,1,4-5,7-8,10-11H2,2H3. The second-order valence-corrected chi connectivity index (χ2v) is 7.27. The van der Waals surface area contributed by atoms with Crippen LogP contribution in [0.5, 0.6) is 0 Å². The van der Waals surface area contributed by atoms with Gasteiger partial charge in [0.05, 0.1) is 0 Å². The van der Waals surface area contributed by atoms with Crippen molar-refractivity contribution >= 4 is 5.97 Å². The lowest BCUT2D eigenvalue weighted by Gasteiger charge is -2.39. The van der Waals surface area contributed by atoms with Crippen molar-refractivity contribution in [1.29, 1.82) is 0 Å². The molecule has 20 heavy (non-hydrogen) atoms. The van der Waals surface area contributed by atoms with Crippen molar-refractivity contribution in [2.75, 3.05) is 0 Å². The third-order valence-electron chi connectivity index (χ3n) is 5.85. The van der Waals surface area contributed by atoms with Gasteiger partial charge in [0.25, 0.3) is 0 Å². The molecule has 106 valence electrons. The molecule has 0 aromatic heterocycles. The Morgan fingerprint density at radius 3 is 2.65 bits per heavy atom. The summed E-state index contributed by atoms with van der Waals surface area (Å²) in [6, 6.07) is 0. The maximum Gasteiger partial charge on any atom is 0.333 e. The molecule has 4 aliphatic rings. The zero-order valence-corrected chi connectivity index (χ0v) is 12.2. The van der Waals surface area contributed by atoms with Gasteiger partial charge < -0.3 is 4.74 Å². The molecule has 2 nitrogen and oxygen atoms in total. The number of fused-ring (bicyclic) bond motifs is 4. The molecule has 0 N–H and O–H groups in total. The maximum absolute atomic E-state index is 12.1. The molecule has 2 fully saturated rings. The summed E-state index contributed by atoms with van der Waals surface area (Å²) < 4.78 is 5.98. The normalized spacial score (nSPS) is 44.0. The average molecular weight is 270 g/mol. The average Bonchev–Trinajstić information content (AvgIpc) is 3.17. The fraction of sp³-hybridized carbons (Fsp3) is 0.611. The Morgan fingerprint density at radius 2 is 2.10 bits per heavy atom. The summed E-state index contributed by atoms with van der Waals surface area (Å²) in [6.45, 7) is 5.48. The van der Waals surface area contributed by atoms with E-state index in [-0.39, 0.29) is 17.0 Å². The van der Waals surface area contributed by atoms with E-state index < -0.39 is 0 Å². The van der Waals surface area contributed by atoms with Gasteiger partial charge in [-0.05, 0) is 62.9 Å². The molecule has 4 unspecified atom stereocenters. The Hall–Kier alpha value is -1.31. The van der Waals surface area contributed by atoms with Crippen LogP contribution in [0.4, 0.5) is 0 Å². The van der Waals surface area contributed by atoms with Gasteiger partial charge in [0.1, 0.15) is 5.60 Å². The van der Waals surface area contributed by atoms with Crippen LogP contribution in [0, 0.1) is 17.3 Å². The Labute approximate surface area is 120 Å². The summed E-state index contributed by atoms with van der Waals surface area (Å²) in [5, 5.41) is 0. The lowest BCUT2D eigenvalue weighted by Crippen LogP contribution is -2.39. The van der Waals surface area contributed by atoms with E-state index in [2.05, 4.69) is 24.8 Å². The lowest BCUT2D eigenvalue weighted by molar-refractivity contribution is -0.151. The highest BCUT2D eigenvalue weighted by molar-refractivity contribution is 5.87. The second-order valence-electron chi connectivity index (χ2n) is 7.27. The minimum atomic E-state index is -0.315. The molecule has 0 aromatic rings. The fourth-order valence-corrected chi connectivity index (χ4v) is 4.94. The highest BCUT2D eigenvalue weighted by atomic mass is 16.6. The van der Waals surface area contributed by atoms with E-state index in [0.29, 0.717) is 11.5 Å². The Balaban J connectivity index is 1.69. The smallest absolute Gasteiger partial charge is 0.333 e. The molecule has 0 amide bonds. The van der Waals surface area contributed by atoms with E-state index in [4.69, 9.17) is 4.74 Å². The van der Waals surface area contributed by atoms with Crippen LogP contribution in [0.1, 0.15) is 45.4 Å². The van der Waals surface area contributed by atoms with Gasteiger partial charge in [0.15, 0.2) is 0 Å². The highest BCUT2D eigenvalue weighted by Gasteiger charge is 2.58. The molecule has 0 heterocycles. The molecule has 2 saturated carbocycles. The molecule has 0 aromatic carbocycles. The van der Waals surface area contributed by atoms with Gasteiger partial charge in [0, 0.05) is 11.0 Å². The minimum Gasteiger partial charge on any atom is -0.451 e. The number of allylic oxidation sites excluding steroid dienone is 3. The van der Waals surface area contributed by atoms with Crippen LogP contribution in [-0.4, -0.2) is 11.6 Å². The fourth-order valence-electron chi connectivity index (χ4n) is 4.94. The third kappa shape index (κ3) is 1.54. The molecule has 0 saturated heterocycles. The SMILES string of the molecule is C=C(C)C(=O)OC12CCC(C=C1C13C=CC(CC1)C3)C2. The first-order chi connectivity index (χ1) is 9.53. The summed E-state index contributed by atoms with van der Waals surface area (Å²) >= 11 is 0. The number of hydrogen-bond donors (Lipinski definition) is 0. The van der Waals surface area contributed by atoms with E-state index in [1.54, 1.807) is 6.92 Å². The molecule has 4 aliphatic carbocycles. The second kappa shape index (κ2) is 3.87. The van der Waals surface area contributed by atoms with E-state index in [1.807, 2.05) is 0 Å². The van der Waals surface area contributed by atoms with Crippen LogP contribution in [0.3, 0.4) is 0 Å². The van der Waals surface area contributed by atoms with E-state index in [0.717, 1.165) is 25.2 Å². The maximum atomic E-state index is 12.1. The predicted molar refractivity (Wildman–Crippen MR) is 78.0 cm³/mol. The molecule has 2 heteroatoms. The van der Waals surface area contributed by atoms with Gasteiger partial charge >= 0.3 is 5.97 Å². The topological polar surface area (TPSA) is 26.3 Å². The molecule has 4 atom stereocenters. The molecular weight excluding hydrogens is 248 g/mol. The van der Waals surface area contributed by atoms with Crippen LogP contribution < -0.4 is 0 Å². The first-order valence-corrected chi connectivity index (χ1v) is 7.84. The summed E-state index contributed by atoms with van der Waals surface area (Å²) in [7, 11) is 0. The van der Waals surface area contributed by atoms with Gasteiger partial charge in [-0.15, -0.1) is 0 Å². The Kier molecular flexibility index (Phi) is 2.40. The van der Waals surface area contributed by atoms with E-state index in [9.17, 15) is 4.79 Å². The Bertz CT molecular complexity index is 556. The molecule has 4 bridgehead atoms. The van der Waals surface area contributed by atoms with Gasteiger partial charge in [-0.2, -0.15) is 0 Å². The first-order valence-electron chi connectivity index (χ1n) is 7.84. The van der Waals surface area contributed by atoms with Crippen molar-refractivity contribution < 1.29 is 9.53 Å². The predicted octanol–water partition coefficient (Wildman–Crippen LogP) is 3.94. The van der Waals surface area contributed by atoms with Crippen LogP contribution >= 0.6 is 0 Å². The van der Waals surface area contributed by atoms with Crippen LogP contribution in [0.15, 0.2) is 36.0 Å².